The maximum absolute atomic E-state index is 12.8. The Morgan fingerprint density at radius 3 is 2.61 bits per heavy atom. The largest absolute Gasteiger partial charge is 0.508 e. The molecule has 0 fully saturated rings. The Balaban J connectivity index is 1.59. The van der Waals surface area contributed by atoms with Gasteiger partial charge in [-0.1, -0.05) is 55.1 Å². The quantitative estimate of drug-likeness (QED) is 0.467. The van der Waals surface area contributed by atoms with E-state index >= 15 is 0 Å². The third kappa shape index (κ3) is 3.53. The molecule has 138 valence electrons. The molecule has 0 atom stereocenters. The lowest BCUT2D eigenvalue weighted by Crippen LogP contribution is -2.05. The van der Waals surface area contributed by atoms with Crippen LogP contribution in [0.2, 0.25) is 0 Å². The minimum atomic E-state index is -0.0758. The Hall–Kier alpha value is -3.79. The standard InChI is InChI=1S/C24H18O4/c1-16(25)19-9-5-6-17(12-19)14-27-20-10-11-21-23(13-20)28-15-22(24(21)26)18-7-3-2-4-8-18/h2-13,15,25H,1,14H2. The van der Waals surface area contributed by atoms with Gasteiger partial charge in [0.15, 0.2) is 5.43 Å². The van der Waals surface area contributed by atoms with Crippen molar-refractivity contribution >= 4 is 16.7 Å². The van der Waals surface area contributed by atoms with E-state index in [1.165, 1.54) is 6.26 Å². The molecule has 1 heterocycles. The predicted molar refractivity (Wildman–Crippen MR) is 110 cm³/mol. The van der Waals surface area contributed by atoms with Crippen LogP contribution in [0.4, 0.5) is 0 Å². The molecular weight excluding hydrogens is 352 g/mol. The average Bonchev–Trinajstić information content (AvgIpc) is 2.73. The summed E-state index contributed by atoms with van der Waals surface area (Å²) in [6.07, 6.45) is 1.49. The molecule has 3 aromatic carbocycles. The summed E-state index contributed by atoms with van der Waals surface area (Å²) in [6.45, 7) is 3.85. The fourth-order valence-corrected chi connectivity index (χ4v) is 3.02. The molecule has 0 amide bonds. The lowest BCUT2D eigenvalue weighted by molar-refractivity contribution is 0.306. The van der Waals surface area contributed by atoms with Crippen LogP contribution in [0.25, 0.3) is 27.9 Å². The van der Waals surface area contributed by atoms with E-state index in [-0.39, 0.29) is 11.2 Å². The van der Waals surface area contributed by atoms with Gasteiger partial charge in [0.1, 0.15) is 30.0 Å². The first kappa shape index (κ1) is 17.6. The van der Waals surface area contributed by atoms with Gasteiger partial charge < -0.3 is 14.3 Å². The fourth-order valence-electron chi connectivity index (χ4n) is 3.02. The van der Waals surface area contributed by atoms with Gasteiger partial charge in [0.05, 0.1) is 10.9 Å². The molecule has 0 aliphatic rings. The van der Waals surface area contributed by atoms with Crippen molar-refractivity contribution in [3.05, 3.63) is 107 Å². The number of fused-ring (bicyclic) bond motifs is 1. The molecule has 0 saturated heterocycles. The third-order valence-electron chi connectivity index (χ3n) is 4.50. The van der Waals surface area contributed by atoms with Gasteiger partial charge in [0, 0.05) is 11.6 Å². The van der Waals surface area contributed by atoms with Crippen LogP contribution >= 0.6 is 0 Å². The highest BCUT2D eigenvalue weighted by Gasteiger charge is 2.10. The second kappa shape index (κ2) is 7.45. The van der Waals surface area contributed by atoms with E-state index in [4.69, 9.17) is 9.15 Å². The molecule has 0 spiro atoms. The van der Waals surface area contributed by atoms with Crippen LogP contribution in [0.5, 0.6) is 5.75 Å². The summed E-state index contributed by atoms with van der Waals surface area (Å²) in [4.78, 5) is 12.8. The molecule has 4 rings (SSSR count). The van der Waals surface area contributed by atoms with E-state index < -0.39 is 0 Å². The summed E-state index contributed by atoms with van der Waals surface area (Å²) in [6, 6.07) is 21.9. The van der Waals surface area contributed by atoms with Crippen molar-refractivity contribution < 1.29 is 14.3 Å². The molecule has 4 aromatic rings. The number of aliphatic hydroxyl groups is 1. The summed E-state index contributed by atoms with van der Waals surface area (Å²) in [5.41, 5.74) is 3.30. The van der Waals surface area contributed by atoms with E-state index in [0.29, 0.717) is 34.5 Å². The van der Waals surface area contributed by atoms with Gasteiger partial charge in [-0.2, -0.15) is 0 Å². The van der Waals surface area contributed by atoms with E-state index in [0.717, 1.165) is 11.1 Å². The van der Waals surface area contributed by atoms with Crippen molar-refractivity contribution in [1.29, 1.82) is 0 Å². The molecule has 0 unspecified atom stereocenters. The number of aliphatic hydroxyl groups excluding tert-OH is 1. The zero-order chi connectivity index (χ0) is 19.5. The second-order valence-corrected chi connectivity index (χ2v) is 6.44. The lowest BCUT2D eigenvalue weighted by Gasteiger charge is -2.09. The van der Waals surface area contributed by atoms with E-state index in [2.05, 4.69) is 6.58 Å². The third-order valence-corrected chi connectivity index (χ3v) is 4.50. The van der Waals surface area contributed by atoms with Crippen molar-refractivity contribution in [3.63, 3.8) is 0 Å². The molecule has 0 bridgehead atoms. The molecule has 0 radical (unpaired) electrons. The summed E-state index contributed by atoms with van der Waals surface area (Å²) in [7, 11) is 0. The van der Waals surface area contributed by atoms with Gasteiger partial charge in [-0.3, -0.25) is 4.79 Å². The zero-order valence-corrected chi connectivity index (χ0v) is 15.1. The molecule has 28 heavy (non-hydrogen) atoms. The molecule has 4 heteroatoms. The van der Waals surface area contributed by atoms with Crippen molar-refractivity contribution in [1.82, 2.24) is 0 Å². The van der Waals surface area contributed by atoms with Gasteiger partial charge in [0.2, 0.25) is 0 Å². The van der Waals surface area contributed by atoms with Crippen molar-refractivity contribution in [2.24, 2.45) is 0 Å². The molecule has 1 N–H and O–H groups in total. The fraction of sp³-hybridized carbons (Fsp3) is 0.0417. The van der Waals surface area contributed by atoms with Crippen LogP contribution in [0.3, 0.4) is 0 Å². The molecule has 0 saturated carbocycles. The highest BCUT2D eigenvalue weighted by molar-refractivity contribution is 5.82. The lowest BCUT2D eigenvalue weighted by atomic mass is 10.1. The van der Waals surface area contributed by atoms with Crippen molar-refractivity contribution in [2.75, 3.05) is 0 Å². The first-order chi connectivity index (χ1) is 13.6. The normalized spacial score (nSPS) is 10.7. The van der Waals surface area contributed by atoms with E-state index in [1.54, 1.807) is 24.3 Å². The van der Waals surface area contributed by atoms with E-state index in [9.17, 15) is 9.90 Å². The summed E-state index contributed by atoms with van der Waals surface area (Å²) >= 11 is 0. The molecule has 4 nitrogen and oxygen atoms in total. The highest BCUT2D eigenvalue weighted by Crippen LogP contribution is 2.24. The second-order valence-electron chi connectivity index (χ2n) is 6.44. The van der Waals surface area contributed by atoms with Crippen molar-refractivity contribution in [3.8, 4) is 16.9 Å². The Morgan fingerprint density at radius 1 is 1.00 bits per heavy atom. The highest BCUT2D eigenvalue weighted by atomic mass is 16.5. The van der Waals surface area contributed by atoms with Crippen LogP contribution in [-0.2, 0) is 6.61 Å². The number of ether oxygens (including phenoxy) is 1. The minimum Gasteiger partial charge on any atom is -0.508 e. The molecule has 0 aliphatic heterocycles. The van der Waals surface area contributed by atoms with Gasteiger partial charge in [-0.15, -0.1) is 0 Å². The van der Waals surface area contributed by atoms with Gasteiger partial charge in [0.25, 0.3) is 0 Å². The van der Waals surface area contributed by atoms with Crippen LogP contribution in [0, 0.1) is 0 Å². The Labute approximate surface area is 162 Å². The number of hydrogen-bond acceptors (Lipinski definition) is 4. The number of rotatable bonds is 5. The van der Waals surface area contributed by atoms with Gasteiger partial charge >= 0.3 is 0 Å². The zero-order valence-electron chi connectivity index (χ0n) is 15.1. The molecule has 0 aliphatic carbocycles. The maximum atomic E-state index is 12.8. The average molecular weight is 370 g/mol. The Kier molecular flexibility index (Phi) is 4.68. The van der Waals surface area contributed by atoms with Crippen molar-refractivity contribution in [2.45, 2.75) is 6.61 Å². The Morgan fingerprint density at radius 2 is 1.82 bits per heavy atom. The Bertz CT molecular complexity index is 1210. The van der Waals surface area contributed by atoms with Crippen LogP contribution in [0.1, 0.15) is 11.1 Å². The molecular formula is C24H18O4. The maximum Gasteiger partial charge on any atom is 0.200 e. The van der Waals surface area contributed by atoms with E-state index in [1.807, 2.05) is 48.5 Å². The summed E-state index contributed by atoms with van der Waals surface area (Å²) < 4.78 is 11.5. The summed E-state index contributed by atoms with van der Waals surface area (Å²) in [5, 5.41) is 10.0. The topological polar surface area (TPSA) is 59.7 Å². The van der Waals surface area contributed by atoms with Crippen LogP contribution in [0.15, 0.2) is 94.9 Å². The smallest absolute Gasteiger partial charge is 0.200 e. The van der Waals surface area contributed by atoms with Crippen LogP contribution in [-0.4, -0.2) is 5.11 Å². The first-order valence-electron chi connectivity index (χ1n) is 8.83. The van der Waals surface area contributed by atoms with Gasteiger partial charge in [-0.05, 0) is 29.3 Å². The molecule has 1 aromatic heterocycles. The summed E-state index contributed by atoms with van der Waals surface area (Å²) in [5.74, 6) is 0.611. The van der Waals surface area contributed by atoms with Crippen LogP contribution < -0.4 is 10.2 Å². The van der Waals surface area contributed by atoms with Gasteiger partial charge in [-0.25, -0.2) is 0 Å². The number of hydrogen-bond donors (Lipinski definition) is 1. The first-order valence-corrected chi connectivity index (χ1v) is 8.83. The SMILES string of the molecule is C=C(O)c1cccc(COc2ccc3c(=O)c(-c4ccccc4)coc3c2)c1. The number of benzene rings is 3. The monoisotopic (exact) mass is 370 g/mol. The minimum absolute atomic E-state index is 0.0172. The predicted octanol–water partition coefficient (Wildman–Crippen LogP) is 5.57.